The minimum absolute atomic E-state index is 0.140. The van der Waals surface area contributed by atoms with Gasteiger partial charge in [0.2, 0.25) is 0 Å². The van der Waals surface area contributed by atoms with Crippen molar-refractivity contribution in [3.05, 3.63) is 12.7 Å². The minimum Gasteiger partial charge on any atom is -0.396 e. The van der Waals surface area contributed by atoms with Crippen molar-refractivity contribution in [3.63, 3.8) is 0 Å². The van der Waals surface area contributed by atoms with E-state index in [-0.39, 0.29) is 19.8 Å². The third kappa shape index (κ3) is 7.53. The zero-order chi connectivity index (χ0) is 13.0. The van der Waals surface area contributed by atoms with Gasteiger partial charge >= 0.3 is 0 Å². The molecule has 0 spiro atoms. The van der Waals surface area contributed by atoms with E-state index in [0.717, 1.165) is 19.3 Å². The third-order valence-corrected chi connectivity index (χ3v) is 3.37. The molecule has 0 saturated heterocycles. The molecule has 0 aromatic rings. The minimum atomic E-state index is -0.678. The first-order chi connectivity index (χ1) is 8.24. The molecule has 3 heteroatoms. The normalized spacial score (nSPS) is 11.7. The quantitative estimate of drug-likeness (QED) is 0.364. The zero-order valence-electron chi connectivity index (χ0n) is 10.9. The Morgan fingerprint density at radius 2 is 1.24 bits per heavy atom. The van der Waals surface area contributed by atoms with E-state index in [1.165, 1.54) is 25.7 Å². The molecule has 102 valence electrons. The Balaban J connectivity index is 3.46. The summed E-state index contributed by atoms with van der Waals surface area (Å²) in [7, 11) is 0. The van der Waals surface area contributed by atoms with E-state index in [4.69, 9.17) is 15.3 Å². The van der Waals surface area contributed by atoms with Gasteiger partial charge in [-0.2, -0.15) is 0 Å². The van der Waals surface area contributed by atoms with Crippen molar-refractivity contribution in [1.29, 1.82) is 0 Å². The number of aliphatic hydroxyl groups excluding tert-OH is 3. The van der Waals surface area contributed by atoms with Crippen LogP contribution in [-0.4, -0.2) is 35.1 Å². The van der Waals surface area contributed by atoms with Gasteiger partial charge in [0, 0.05) is 5.41 Å². The van der Waals surface area contributed by atoms with Crippen molar-refractivity contribution in [1.82, 2.24) is 0 Å². The molecule has 0 aromatic carbocycles. The third-order valence-electron chi connectivity index (χ3n) is 3.37. The molecule has 0 saturated carbocycles. The Labute approximate surface area is 105 Å². The summed E-state index contributed by atoms with van der Waals surface area (Å²) in [4.78, 5) is 0. The molecular formula is C14H28O3. The molecule has 0 aromatic heterocycles. The van der Waals surface area contributed by atoms with Crippen molar-refractivity contribution in [2.75, 3.05) is 19.8 Å². The fourth-order valence-electron chi connectivity index (χ4n) is 1.88. The summed E-state index contributed by atoms with van der Waals surface area (Å²) in [6.45, 7) is 3.27. The highest BCUT2D eigenvalue weighted by atomic mass is 16.3. The summed E-state index contributed by atoms with van der Waals surface area (Å²) in [5.41, 5.74) is -0.678. The highest BCUT2D eigenvalue weighted by Crippen LogP contribution is 2.23. The van der Waals surface area contributed by atoms with Gasteiger partial charge in [-0.25, -0.2) is 0 Å². The first-order valence-corrected chi connectivity index (χ1v) is 6.68. The standard InChI is InChI=1S/C14H28O3/c1-2-3-4-5-6-7-8-9-10-14(11-15,12-16)13-17/h2,15-17H,1,3-13H2. The van der Waals surface area contributed by atoms with Crippen LogP contribution in [0.1, 0.15) is 51.4 Å². The van der Waals surface area contributed by atoms with Crippen LogP contribution in [-0.2, 0) is 0 Å². The van der Waals surface area contributed by atoms with E-state index in [1.807, 2.05) is 6.08 Å². The first kappa shape index (κ1) is 16.6. The molecule has 0 atom stereocenters. The van der Waals surface area contributed by atoms with Gasteiger partial charge < -0.3 is 15.3 Å². The van der Waals surface area contributed by atoms with Crippen molar-refractivity contribution in [3.8, 4) is 0 Å². The highest BCUT2D eigenvalue weighted by Gasteiger charge is 2.26. The van der Waals surface area contributed by atoms with Crippen LogP contribution in [0.4, 0.5) is 0 Å². The molecule has 0 rings (SSSR count). The predicted octanol–water partition coefficient (Wildman–Crippen LogP) is 2.26. The van der Waals surface area contributed by atoms with Crippen molar-refractivity contribution < 1.29 is 15.3 Å². The van der Waals surface area contributed by atoms with Crippen LogP contribution in [0, 0.1) is 5.41 Å². The smallest absolute Gasteiger partial charge is 0.0531 e. The second-order valence-corrected chi connectivity index (χ2v) is 4.92. The van der Waals surface area contributed by atoms with Gasteiger partial charge in [0.25, 0.3) is 0 Å². The Morgan fingerprint density at radius 1 is 0.765 bits per heavy atom. The van der Waals surface area contributed by atoms with Gasteiger partial charge in [-0.05, 0) is 19.3 Å². The van der Waals surface area contributed by atoms with Crippen LogP contribution < -0.4 is 0 Å². The Morgan fingerprint density at radius 3 is 1.71 bits per heavy atom. The van der Waals surface area contributed by atoms with Crippen molar-refractivity contribution in [2.24, 2.45) is 5.41 Å². The number of hydrogen-bond acceptors (Lipinski definition) is 3. The molecule has 3 N–H and O–H groups in total. The van der Waals surface area contributed by atoms with Crippen LogP contribution in [0.15, 0.2) is 12.7 Å². The van der Waals surface area contributed by atoms with Gasteiger partial charge in [-0.3, -0.25) is 0 Å². The Bertz CT molecular complexity index is 168. The largest absolute Gasteiger partial charge is 0.396 e. The van der Waals surface area contributed by atoms with Crippen LogP contribution in [0.25, 0.3) is 0 Å². The van der Waals surface area contributed by atoms with E-state index >= 15 is 0 Å². The van der Waals surface area contributed by atoms with E-state index in [2.05, 4.69) is 6.58 Å². The fraction of sp³-hybridized carbons (Fsp3) is 0.857. The van der Waals surface area contributed by atoms with Gasteiger partial charge in [-0.1, -0.05) is 38.2 Å². The molecule has 0 aliphatic carbocycles. The lowest BCUT2D eigenvalue weighted by atomic mass is 9.85. The number of rotatable bonds is 12. The predicted molar refractivity (Wildman–Crippen MR) is 70.8 cm³/mol. The number of unbranched alkanes of at least 4 members (excludes halogenated alkanes) is 6. The number of aliphatic hydroxyl groups is 3. The lowest BCUT2D eigenvalue weighted by molar-refractivity contribution is -0.00229. The maximum atomic E-state index is 9.15. The van der Waals surface area contributed by atoms with Gasteiger partial charge in [-0.15, -0.1) is 6.58 Å². The van der Waals surface area contributed by atoms with Gasteiger partial charge in [0.05, 0.1) is 19.8 Å². The molecule has 0 unspecified atom stereocenters. The summed E-state index contributed by atoms with van der Waals surface area (Å²) in [6.07, 6.45) is 10.7. The van der Waals surface area contributed by atoms with Crippen LogP contribution in [0.2, 0.25) is 0 Å². The van der Waals surface area contributed by atoms with Crippen molar-refractivity contribution in [2.45, 2.75) is 51.4 Å². The molecule has 0 aliphatic heterocycles. The zero-order valence-corrected chi connectivity index (χ0v) is 10.9. The molecule has 0 radical (unpaired) electrons. The maximum absolute atomic E-state index is 9.15. The summed E-state index contributed by atoms with van der Waals surface area (Å²) >= 11 is 0. The molecule has 0 heterocycles. The number of hydrogen-bond donors (Lipinski definition) is 3. The van der Waals surface area contributed by atoms with Crippen LogP contribution in [0.5, 0.6) is 0 Å². The average molecular weight is 244 g/mol. The van der Waals surface area contributed by atoms with E-state index in [0.29, 0.717) is 6.42 Å². The number of allylic oxidation sites excluding steroid dienone is 1. The first-order valence-electron chi connectivity index (χ1n) is 6.68. The molecule has 3 nitrogen and oxygen atoms in total. The Hall–Kier alpha value is -0.380. The summed E-state index contributed by atoms with van der Waals surface area (Å²) in [5, 5.41) is 27.4. The van der Waals surface area contributed by atoms with E-state index < -0.39 is 5.41 Å². The highest BCUT2D eigenvalue weighted by molar-refractivity contribution is 4.76. The maximum Gasteiger partial charge on any atom is 0.0531 e. The molecule has 0 fully saturated rings. The fourth-order valence-corrected chi connectivity index (χ4v) is 1.88. The van der Waals surface area contributed by atoms with E-state index in [1.54, 1.807) is 0 Å². The lowest BCUT2D eigenvalue weighted by Crippen LogP contribution is -2.33. The summed E-state index contributed by atoms with van der Waals surface area (Å²) in [5.74, 6) is 0. The molecular weight excluding hydrogens is 216 g/mol. The molecule has 0 amide bonds. The van der Waals surface area contributed by atoms with Gasteiger partial charge in [0.15, 0.2) is 0 Å². The van der Waals surface area contributed by atoms with Crippen LogP contribution >= 0.6 is 0 Å². The second kappa shape index (κ2) is 10.8. The monoisotopic (exact) mass is 244 g/mol. The van der Waals surface area contributed by atoms with Gasteiger partial charge in [0.1, 0.15) is 0 Å². The average Bonchev–Trinajstić information content (AvgIpc) is 2.38. The summed E-state index contributed by atoms with van der Waals surface area (Å²) < 4.78 is 0. The van der Waals surface area contributed by atoms with E-state index in [9.17, 15) is 0 Å². The second-order valence-electron chi connectivity index (χ2n) is 4.92. The molecule has 0 bridgehead atoms. The lowest BCUT2D eigenvalue weighted by Gasteiger charge is -2.27. The SMILES string of the molecule is C=CCCCCCCCCC(CO)(CO)CO. The summed E-state index contributed by atoms with van der Waals surface area (Å²) in [6, 6.07) is 0. The molecule has 17 heavy (non-hydrogen) atoms. The van der Waals surface area contributed by atoms with Crippen LogP contribution in [0.3, 0.4) is 0 Å². The van der Waals surface area contributed by atoms with Crippen molar-refractivity contribution >= 4 is 0 Å². The Kier molecular flexibility index (Phi) is 10.5. The topological polar surface area (TPSA) is 60.7 Å². The molecule has 0 aliphatic rings.